The van der Waals surface area contributed by atoms with E-state index in [0.717, 1.165) is 24.2 Å². The number of methoxy groups -OCH3 is 1. The molecule has 1 aromatic rings. The lowest BCUT2D eigenvalue weighted by Gasteiger charge is -2.30. The van der Waals surface area contributed by atoms with E-state index in [-0.39, 0.29) is 18.7 Å². The van der Waals surface area contributed by atoms with Crippen molar-refractivity contribution >= 4 is 6.03 Å². The van der Waals surface area contributed by atoms with Crippen LogP contribution in [0.4, 0.5) is 4.79 Å². The topological polar surface area (TPSA) is 61.8 Å². The SMILES string of the molecule is COc1ccccc1CN(CCO)C(=O)NC1CCCC(C)C1. The molecule has 1 fully saturated rings. The van der Waals surface area contributed by atoms with Crippen LogP contribution in [0.1, 0.15) is 38.2 Å². The quantitative estimate of drug-likeness (QED) is 0.847. The zero-order valence-corrected chi connectivity index (χ0v) is 14.1. The highest BCUT2D eigenvalue weighted by molar-refractivity contribution is 5.74. The van der Waals surface area contributed by atoms with Crippen molar-refractivity contribution in [1.29, 1.82) is 0 Å². The molecule has 0 radical (unpaired) electrons. The number of ether oxygens (including phenoxy) is 1. The zero-order valence-electron chi connectivity index (χ0n) is 14.1. The summed E-state index contributed by atoms with van der Waals surface area (Å²) in [5.74, 6) is 1.42. The number of aliphatic hydroxyl groups is 1. The number of carbonyl (C=O) groups is 1. The van der Waals surface area contributed by atoms with Crippen LogP contribution in [0.25, 0.3) is 0 Å². The minimum atomic E-state index is -0.107. The van der Waals surface area contributed by atoms with Crippen molar-refractivity contribution in [3.8, 4) is 5.75 Å². The molecule has 0 saturated heterocycles. The maximum atomic E-state index is 12.6. The van der Waals surface area contributed by atoms with Crippen LogP contribution in [0.3, 0.4) is 0 Å². The number of hydrogen-bond donors (Lipinski definition) is 2. The van der Waals surface area contributed by atoms with Crippen LogP contribution >= 0.6 is 0 Å². The van der Waals surface area contributed by atoms with E-state index in [2.05, 4.69) is 12.2 Å². The summed E-state index contributed by atoms with van der Waals surface area (Å²) in [7, 11) is 1.62. The summed E-state index contributed by atoms with van der Waals surface area (Å²) in [5.41, 5.74) is 0.940. The number of hydrogen-bond acceptors (Lipinski definition) is 3. The minimum absolute atomic E-state index is 0.0519. The molecule has 1 aromatic carbocycles. The van der Waals surface area contributed by atoms with Gasteiger partial charge >= 0.3 is 6.03 Å². The number of carbonyl (C=O) groups excluding carboxylic acids is 1. The molecule has 2 unspecified atom stereocenters. The monoisotopic (exact) mass is 320 g/mol. The van der Waals surface area contributed by atoms with Gasteiger partial charge in [-0.1, -0.05) is 38.0 Å². The summed E-state index contributed by atoms with van der Waals surface area (Å²) >= 11 is 0. The Morgan fingerprint density at radius 2 is 2.17 bits per heavy atom. The first-order chi connectivity index (χ1) is 11.1. The predicted octanol–water partition coefficient (Wildman–Crippen LogP) is 2.78. The van der Waals surface area contributed by atoms with E-state index in [1.807, 2.05) is 24.3 Å². The van der Waals surface area contributed by atoms with Crippen LogP contribution in [-0.2, 0) is 6.54 Å². The summed E-state index contributed by atoms with van der Waals surface area (Å²) in [6, 6.07) is 7.79. The fourth-order valence-electron chi connectivity index (χ4n) is 3.24. The van der Waals surface area contributed by atoms with Gasteiger partial charge in [-0.15, -0.1) is 0 Å². The third-order valence-corrected chi connectivity index (χ3v) is 4.47. The maximum Gasteiger partial charge on any atom is 0.317 e. The van der Waals surface area contributed by atoms with E-state index >= 15 is 0 Å². The van der Waals surface area contributed by atoms with Crippen LogP contribution in [0, 0.1) is 5.92 Å². The van der Waals surface area contributed by atoms with Crippen molar-refractivity contribution in [1.82, 2.24) is 10.2 Å². The molecule has 0 aromatic heterocycles. The fraction of sp³-hybridized carbons (Fsp3) is 0.611. The number of urea groups is 1. The van der Waals surface area contributed by atoms with Gasteiger partial charge in [0.05, 0.1) is 20.3 Å². The second-order valence-corrected chi connectivity index (χ2v) is 6.38. The molecule has 2 atom stereocenters. The smallest absolute Gasteiger partial charge is 0.317 e. The normalized spacial score (nSPS) is 20.8. The van der Waals surface area contributed by atoms with Crippen molar-refractivity contribution in [2.45, 2.75) is 45.2 Å². The molecule has 128 valence electrons. The average Bonchev–Trinajstić information content (AvgIpc) is 2.55. The molecule has 5 heteroatoms. The van der Waals surface area contributed by atoms with Gasteiger partial charge in [-0.3, -0.25) is 0 Å². The van der Waals surface area contributed by atoms with E-state index in [1.54, 1.807) is 12.0 Å². The Balaban J connectivity index is 2.00. The van der Waals surface area contributed by atoms with E-state index in [1.165, 1.54) is 12.8 Å². The van der Waals surface area contributed by atoms with Gasteiger partial charge in [0.15, 0.2) is 0 Å². The maximum absolute atomic E-state index is 12.6. The Bertz CT molecular complexity index is 507. The lowest BCUT2D eigenvalue weighted by atomic mass is 9.87. The first-order valence-electron chi connectivity index (χ1n) is 8.42. The molecule has 1 saturated carbocycles. The van der Waals surface area contributed by atoms with Crippen molar-refractivity contribution in [3.05, 3.63) is 29.8 Å². The van der Waals surface area contributed by atoms with Gasteiger partial charge in [0.1, 0.15) is 5.75 Å². The van der Waals surface area contributed by atoms with Crippen LogP contribution in [-0.4, -0.2) is 42.3 Å². The summed E-state index contributed by atoms with van der Waals surface area (Å²) < 4.78 is 5.35. The third-order valence-electron chi connectivity index (χ3n) is 4.47. The summed E-state index contributed by atoms with van der Waals surface area (Å²) in [5, 5.41) is 12.4. The number of benzene rings is 1. The number of aliphatic hydroxyl groups excluding tert-OH is 1. The Kier molecular flexibility index (Phi) is 6.71. The fourth-order valence-corrected chi connectivity index (χ4v) is 3.24. The molecule has 0 aliphatic heterocycles. The molecule has 2 N–H and O–H groups in total. The molecule has 0 bridgehead atoms. The van der Waals surface area contributed by atoms with E-state index in [9.17, 15) is 9.90 Å². The van der Waals surface area contributed by atoms with Gasteiger partial charge in [0.2, 0.25) is 0 Å². The Hall–Kier alpha value is -1.75. The molecular formula is C18H28N2O3. The Labute approximate surface area is 138 Å². The van der Waals surface area contributed by atoms with Crippen LogP contribution < -0.4 is 10.1 Å². The highest BCUT2D eigenvalue weighted by Gasteiger charge is 2.23. The molecule has 5 nitrogen and oxygen atoms in total. The number of nitrogens with zero attached hydrogens (tertiary/aromatic N) is 1. The molecular weight excluding hydrogens is 292 g/mol. The number of para-hydroxylation sites is 1. The Morgan fingerprint density at radius 3 is 2.87 bits per heavy atom. The van der Waals surface area contributed by atoms with E-state index < -0.39 is 0 Å². The summed E-state index contributed by atoms with van der Waals surface area (Å²) in [4.78, 5) is 14.2. The molecule has 2 amide bonds. The van der Waals surface area contributed by atoms with Crippen LogP contribution in [0.2, 0.25) is 0 Å². The second kappa shape index (κ2) is 8.77. The summed E-state index contributed by atoms with van der Waals surface area (Å²) in [6.07, 6.45) is 4.48. The zero-order chi connectivity index (χ0) is 16.7. The molecule has 1 aliphatic rings. The average molecular weight is 320 g/mol. The first kappa shape index (κ1) is 17.6. The number of amides is 2. The highest BCUT2D eigenvalue weighted by Crippen LogP contribution is 2.24. The summed E-state index contributed by atoms with van der Waals surface area (Å²) in [6.45, 7) is 2.92. The largest absolute Gasteiger partial charge is 0.496 e. The Morgan fingerprint density at radius 1 is 1.39 bits per heavy atom. The first-order valence-corrected chi connectivity index (χ1v) is 8.42. The lowest BCUT2D eigenvalue weighted by molar-refractivity contribution is 0.165. The van der Waals surface area contributed by atoms with Gasteiger partial charge in [-0.25, -0.2) is 4.79 Å². The highest BCUT2D eigenvalue weighted by atomic mass is 16.5. The van der Waals surface area contributed by atoms with Gasteiger partial charge < -0.3 is 20.1 Å². The van der Waals surface area contributed by atoms with Gasteiger partial charge in [0.25, 0.3) is 0 Å². The van der Waals surface area contributed by atoms with Gasteiger partial charge in [0, 0.05) is 18.2 Å². The molecule has 1 aliphatic carbocycles. The van der Waals surface area contributed by atoms with Crippen molar-refractivity contribution in [3.63, 3.8) is 0 Å². The van der Waals surface area contributed by atoms with Gasteiger partial charge in [-0.05, 0) is 24.8 Å². The van der Waals surface area contributed by atoms with E-state index in [0.29, 0.717) is 19.0 Å². The minimum Gasteiger partial charge on any atom is -0.496 e. The van der Waals surface area contributed by atoms with Crippen LogP contribution in [0.15, 0.2) is 24.3 Å². The van der Waals surface area contributed by atoms with Crippen molar-refractivity contribution < 1.29 is 14.6 Å². The predicted molar refractivity (Wildman–Crippen MR) is 90.4 cm³/mol. The van der Waals surface area contributed by atoms with Gasteiger partial charge in [-0.2, -0.15) is 0 Å². The molecule has 0 spiro atoms. The third kappa shape index (κ3) is 5.13. The number of nitrogens with one attached hydrogen (secondary N) is 1. The van der Waals surface area contributed by atoms with E-state index in [4.69, 9.17) is 4.74 Å². The molecule has 0 heterocycles. The van der Waals surface area contributed by atoms with Crippen molar-refractivity contribution in [2.75, 3.05) is 20.3 Å². The number of rotatable bonds is 6. The standard InChI is InChI=1S/C18H28N2O3/c1-14-6-5-8-16(12-14)19-18(22)20(10-11-21)13-15-7-3-4-9-17(15)23-2/h3-4,7,9,14,16,21H,5-6,8,10-13H2,1-2H3,(H,19,22). The van der Waals surface area contributed by atoms with Crippen molar-refractivity contribution in [2.24, 2.45) is 5.92 Å². The lowest BCUT2D eigenvalue weighted by Crippen LogP contribution is -2.46. The van der Waals surface area contributed by atoms with Crippen LogP contribution in [0.5, 0.6) is 5.75 Å². The molecule has 2 rings (SSSR count). The second-order valence-electron chi connectivity index (χ2n) is 6.38. The molecule has 23 heavy (non-hydrogen) atoms.